The molecule has 18 heavy (non-hydrogen) atoms. The van der Waals surface area contributed by atoms with Gasteiger partial charge in [0.2, 0.25) is 0 Å². The third kappa shape index (κ3) is 2.54. The van der Waals surface area contributed by atoms with Crippen molar-refractivity contribution in [2.45, 2.75) is 13.0 Å². The lowest BCUT2D eigenvalue weighted by Gasteiger charge is -2.08. The fraction of sp³-hybridized carbons (Fsp3) is 0.125. The number of aliphatic hydroxyl groups is 1. The molecule has 2 heteroatoms. The van der Waals surface area contributed by atoms with Crippen LogP contribution in [0.1, 0.15) is 24.2 Å². The highest BCUT2D eigenvalue weighted by atomic mass is 16.3. The Morgan fingerprint density at radius 1 is 1.39 bits per heavy atom. The lowest BCUT2D eigenvalue weighted by atomic mass is 9.91. The van der Waals surface area contributed by atoms with E-state index in [0.29, 0.717) is 0 Å². The van der Waals surface area contributed by atoms with E-state index in [9.17, 15) is 5.11 Å². The summed E-state index contributed by atoms with van der Waals surface area (Å²) in [5, 5.41) is 10.3. The van der Waals surface area contributed by atoms with Gasteiger partial charge >= 0.3 is 0 Å². The fourth-order valence-corrected chi connectivity index (χ4v) is 2.09. The Morgan fingerprint density at radius 3 is 2.83 bits per heavy atom. The topological polar surface area (TPSA) is 20.2 Å². The fourth-order valence-electron chi connectivity index (χ4n) is 2.09. The maximum Gasteiger partial charge on any atom is 0.139 e. The zero-order chi connectivity index (χ0) is 13.1. The molecule has 1 aromatic rings. The van der Waals surface area contributed by atoms with Crippen molar-refractivity contribution in [1.82, 2.24) is 0 Å². The number of benzene rings is 1. The summed E-state index contributed by atoms with van der Waals surface area (Å²) in [5.74, 6) is 0. The van der Waals surface area contributed by atoms with Crippen molar-refractivity contribution in [3.63, 3.8) is 0 Å². The van der Waals surface area contributed by atoms with E-state index in [1.165, 1.54) is 0 Å². The van der Waals surface area contributed by atoms with Gasteiger partial charge in [-0.05, 0) is 35.3 Å². The summed E-state index contributed by atoms with van der Waals surface area (Å²) >= 11 is 0. The number of aliphatic hydroxyl groups excluding tert-OH is 1. The Hall–Kier alpha value is -1.80. The Morgan fingerprint density at radius 2 is 2.11 bits per heavy atom. The van der Waals surface area contributed by atoms with Crippen LogP contribution in [-0.2, 0) is 0 Å². The van der Waals surface area contributed by atoms with Gasteiger partial charge in [-0.15, -0.1) is 0 Å². The Kier molecular flexibility index (Phi) is 3.68. The molecule has 0 heterocycles. The lowest BCUT2D eigenvalue weighted by Crippen LogP contribution is -1.95. The average molecular weight is 236 g/mol. The second-order valence-corrected chi connectivity index (χ2v) is 4.62. The average Bonchev–Trinajstić information content (AvgIpc) is 2.48. The first-order valence-corrected chi connectivity index (χ1v) is 6.10. The third-order valence-electron chi connectivity index (χ3n) is 3.18. The number of fused-ring (bicyclic) bond motifs is 1. The molecule has 0 aromatic heterocycles. The standard InChI is InChI=1S/C16H17BO/c1-3-14(17)9-13-10-16(18)15-7-5-4-6-12(15)8-11(13)2/h3-10,16,18H,1,17H2,2H3/b14-9+. The molecule has 1 nitrogen and oxygen atoms in total. The summed E-state index contributed by atoms with van der Waals surface area (Å²) in [5.41, 5.74) is 5.33. The van der Waals surface area contributed by atoms with E-state index in [4.69, 9.17) is 0 Å². The molecule has 1 atom stereocenters. The minimum absolute atomic E-state index is 0.557. The molecule has 1 unspecified atom stereocenters. The quantitative estimate of drug-likeness (QED) is 0.618. The maximum atomic E-state index is 10.3. The molecule has 0 fully saturated rings. The molecule has 1 aromatic carbocycles. The summed E-state index contributed by atoms with van der Waals surface area (Å²) in [6, 6.07) is 7.94. The summed E-state index contributed by atoms with van der Waals surface area (Å²) in [6.45, 7) is 5.82. The molecule has 2 rings (SSSR count). The highest BCUT2D eigenvalue weighted by Gasteiger charge is 2.13. The van der Waals surface area contributed by atoms with E-state index >= 15 is 0 Å². The van der Waals surface area contributed by atoms with Crippen LogP contribution in [0.25, 0.3) is 6.08 Å². The predicted molar refractivity (Wildman–Crippen MR) is 80.0 cm³/mol. The number of hydrogen-bond acceptors (Lipinski definition) is 1. The zero-order valence-corrected chi connectivity index (χ0v) is 10.9. The highest BCUT2D eigenvalue weighted by molar-refractivity contribution is 6.23. The van der Waals surface area contributed by atoms with Gasteiger partial charge in [-0.3, -0.25) is 0 Å². The van der Waals surface area contributed by atoms with E-state index < -0.39 is 6.10 Å². The second-order valence-electron chi connectivity index (χ2n) is 4.62. The zero-order valence-electron chi connectivity index (χ0n) is 10.9. The van der Waals surface area contributed by atoms with Gasteiger partial charge in [-0.1, -0.05) is 54.5 Å². The highest BCUT2D eigenvalue weighted by Crippen LogP contribution is 2.29. The van der Waals surface area contributed by atoms with Crippen LogP contribution in [0.15, 0.2) is 65.7 Å². The van der Waals surface area contributed by atoms with Crippen LogP contribution in [-0.4, -0.2) is 13.0 Å². The molecule has 0 aliphatic heterocycles. The third-order valence-corrected chi connectivity index (χ3v) is 3.18. The summed E-state index contributed by atoms with van der Waals surface area (Å²) < 4.78 is 0. The molecule has 1 N–H and O–H groups in total. The molecular formula is C16H17BO. The normalized spacial score (nSPS) is 19.4. The van der Waals surface area contributed by atoms with Gasteiger partial charge in [0.15, 0.2) is 0 Å². The van der Waals surface area contributed by atoms with E-state index in [2.05, 4.69) is 19.6 Å². The molecule has 1 aliphatic rings. The van der Waals surface area contributed by atoms with Crippen LogP contribution < -0.4 is 0 Å². The van der Waals surface area contributed by atoms with Gasteiger partial charge in [-0.2, -0.15) is 0 Å². The summed E-state index contributed by atoms with van der Waals surface area (Å²) in [6.07, 6.45) is 7.32. The minimum atomic E-state index is -0.557. The Bertz CT molecular complexity index is 564. The van der Waals surface area contributed by atoms with Crippen molar-refractivity contribution >= 4 is 13.9 Å². The summed E-state index contributed by atoms with van der Waals surface area (Å²) in [4.78, 5) is 0. The van der Waals surface area contributed by atoms with Crippen LogP contribution >= 0.6 is 0 Å². The molecule has 0 bridgehead atoms. The molecule has 90 valence electrons. The van der Waals surface area contributed by atoms with Crippen molar-refractivity contribution in [1.29, 1.82) is 0 Å². The van der Waals surface area contributed by atoms with E-state index in [-0.39, 0.29) is 0 Å². The predicted octanol–water partition coefficient (Wildman–Crippen LogP) is 2.77. The van der Waals surface area contributed by atoms with Crippen molar-refractivity contribution in [3.05, 3.63) is 76.8 Å². The van der Waals surface area contributed by atoms with Gasteiger partial charge in [0.05, 0.1) is 6.10 Å². The number of hydrogen-bond donors (Lipinski definition) is 1. The van der Waals surface area contributed by atoms with Gasteiger partial charge in [-0.25, -0.2) is 0 Å². The van der Waals surface area contributed by atoms with Crippen LogP contribution in [0.5, 0.6) is 0 Å². The first kappa shape index (κ1) is 12.7. The largest absolute Gasteiger partial charge is 0.384 e. The number of rotatable bonds is 2. The monoisotopic (exact) mass is 236 g/mol. The molecule has 0 radical (unpaired) electrons. The van der Waals surface area contributed by atoms with Crippen molar-refractivity contribution < 1.29 is 5.11 Å². The van der Waals surface area contributed by atoms with Crippen molar-refractivity contribution in [2.75, 3.05) is 0 Å². The molecule has 0 saturated heterocycles. The van der Waals surface area contributed by atoms with Gasteiger partial charge < -0.3 is 5.11 Å². The first-order valence-electron chi connectivity index (χ1n) is 6.10. The SMILES string of the molecule is B/C(C=C)=C/C1=CC(O)c2ccccc2C=C1C. The molecule has 0 spiro atoms. The van der Waals surface area contributed by atoms with Crippen LogP contribution in [0.3, 0.4) is 0 Å². The van der Waals surface area contributed by atoms with Gasteiger partial charge in [0.1, 0.15) is 7.85 Å². The van der Waals surface area contributed by atoms with Gasteiger partial charge in [0, 0.05) is 0 Å². The first-order chi connectivity index (χ1) is 8.61. The van der Waals surface area contributed by atoms with Crippen LogP contribution in [0.2, 0.25) is 0 Å². The van der Waals surface area contributed by atoms with Gasteiger partial charge in [0.25, 0.3) is 0 Å². The number of allylic oxidation sites excluding steroid dienone is 5. The van der Waals surface area contributed by atoms with E-state index in [0.717, 1.165) is 27.7 Å². The van der Waals surface area contributed by atoms with Crippen LogP contribution in [0, 0.1) is 0 Å². The minimum Gasteiger partial charge on any atom is -0.384 e. The lowest BCUT2D eigenvalue weighted by molar-refractivity contribution is 0.228. The molecule has 0 saturated carbocycles. The molecular weight excluding hydrogens is 219 g/mol. The Balaban J connectivity index is 2.52. The van der Waals surface area contributed by atoms with Crippen molar-refractivity contribution in [3.8, 4) is 0 Å². The van der Waals surface area contributed by atoms with E-state index in [1.54, 1.807) is 0 Å². The summed E-state index contributed by atoms with van der Waals surface area (Å²) in [7, 11) is 2.01. The van der Waals surface area contributed by atoms with Crippen LogP contribution in [0.4, 0.5) is 0 Å². The molecule has 1 aliphatic carbocycles. The van der Waals surface area contributed by atoms with E-state index in [1.807, 2.05) is 50.3 Å². The smallest absolute Gasteiger partial charge is 0.139 e. The maximum absolute atomic E-state index is 10.3. The van der Waals surface area contributed by atoms with Crippen molar-refractivity contribution in [2.24, 2.45) is 0 Å². The second kappa shape index (κ2) is 5.24. The Labute approximate surface area is 109 Å². The molecule has 0 amide bonds.